The fourth-order valence-corrected chi connectivity index (χ4v) is 3.22. The standard InChI is InChI=1S/C16H23N5/c1-20(2)16(9-6-10-16)11-21(3)14-12-7-4-5-8-13(12)18-15(17)19-14/h4-5,7-8H,6,9-11H2,1-3H3,(H2,17,18,19). The van der Waals surface area contributed by atoms with Crippen molar-refractivity contribution < 1.29 is 0 Å². The largest absolute Gasteiger partial charge is 0.368 e. The number of nitrogens with two attached hydrogens (primary N) is 1. The molecule has 0 radical (unpaired) electrons. The molecular weight excluding hydrogens is 262 g/mol. The molecule has 0 atom stereocenters. The molecule has 1 heterocycles. The summed E-state index contributed by atoms with van der Waals surface area (Å²) in [5, 5.41) is 1.06. The third kappa shape index (κ3) is 2.42. The van der Waals surface area contributed by atoms with Crippen LogP contribution >= 0.6 is 0 Å². The number of nitrogens with zero attached hydrogens (tertiary/aromatic N) is 4. The molecule has 0 spiro atoms. The van der Waals surface area contributed by atoms with Gasteiger partial charge in [0.15, 0.2) is 0 Å². The lowest BCUT2D eigenvalue weighted by Gasteiger charge is -2.49. The molecule has 1 saturated carbocycles. The van der Waals surface area contributed by atoms with Gasteiger partial charge in [0.2, 0.25) is 5.95 Å². The molecule has 1 aliphatic carbocycles. The predicted molar refractivity (Wildman–Crippen MR) is 87.5 cm³/mol. The topological polar surface area (TPSA) is 58.3 Å². The Bertz CT molecular complexity index is 648. The molecule has 112 valence electrons. The predicted octanol–water partition coefficient (Wildman–Crippen LogP) is 2.13. The Kier molecular flexibility index (Phi) is 3.45. The fourth-order valence-electron chi connectivity index (χ4n) is 3.22. The molecule has 1 fully saturated rings. The van der Waals surface area contributed by atoms with Crippen LogP contribution in [0.5, 0.6) is 0 Å². The van der Waals surface area contributed by atoms with Crippen LogP contribution in [0.3, 0.4) is 0 Å². The Hall–Kier alpha value is -1.88. The van der Waals surface area contributed by atoms with E-state index in [9.17, 15) is 0 Å². The van der Waals surface area contributed by atoms with Gasteiger partial charge in [-0.2, -0.15) is 4.98 Å². The highest BCUT2D eigenvalue weighted by Gasteiger charge is 2.40. The quantitative estimate of drug-likeness (QED) is 0.932. The van der Waals surface area contributed by atoms with E-state index in [1.165, 1.54) is 19.3 Å². The summed E-state index contributed by atoms with van der Waals surface area (Å²) in [5.74, 6) is 1.26. The van der Waals surface area contributed by atoms with Crippen LogP contribution in [0.2, 0.25) is 0 Å². The number of nitrogen functional groups attached to an aromatic ring is 1. The van der Waals surface area contributed by atoms with Crippen molar-refractivity contribution in [2.45, 2.75) is 24.8 Å². The number of fused-ring (bicyclic) bond motifs is 1. The maximum Gasteiger partial charge on any atom is 0.222 e. The number of hydrogen-bond donors (Lipinski definition) is 1. The molecule has 1 aromatic carbocycles. The molecule has 21 heavy (non-hydrogen) atoms. The minimum Gasteiger partial charge on any atom is -0.368 e. The van der Waals surface area contributed by atoms with Crippen LogP contribution in [0.1, 0.15) is 19.3 Å². The molecule has 0 unspecified atom stereocenters. The number of rotatable bonds is 4. The highest BCUT2D eigenvalue weighted by molar-refractivity contribution is 5.90. The Morgan fingerprint density at radius 2 is 1.86 bits per heavy atom. The van der Waals surface area contributed by atoms with Gasteiger partial charge in [0.1, 0.15) is 5.82 Å². The summed E-state index contributed by atoms with van der Waals surface area (Å²) in [5.41, 5.74) is 7.03. The summed E-state index contributed by atoms with van der Waals surface area (Å²) in [6.07, 6.45) is 3.78. The summed E-state index contributed by atoms with van der Waals surface area (Å²) in [4.78, 5) is 13.4. The van der Waals surface area contributed by atoms with E-state index in [4.69, 9.17) is 5.73 Å². The highest BCUT2D eigenvalue weighted by atomic mass is 15.3. The van der Waals surface area contributed by atoms with E-state index in [0.717, 1.165) is 23.3 Å². The van der Waals surface area contributed by atoms with Gasteiger partial charge in [-0.05, 0) is 45.5 Å². The van der Waals surface area contributed by atoms with E-state index in [0.29, 0.717) is 5.95 Å². The molecule has 2 N–H and O–H groups in total. The molecule has 0 bridgehead atoms. The van der Waals surface area contributed by atoms with Crippen molar-refractivity contribution in [3.8, 4) is 0 Å². The maximum atomic E-state index is 5.87. The molecule has 1 aromatic heterocycles. The molecule has 1 aliphatic rings. The lowest BCUT2D eigenvalue weighted by molar-refractivity contribution is 0.0682. The Labute approximate surface area is 125 Å². The average Bonchev–Trinajstić information content (AvgIpc) is 2.41. The zero-order valence-corrected chi connectivity index (χ0v) is 13.0. The monoisotopic (exact) mass is 285 g/mol. The maximum absolute atomic E-state index is 5.87. The van der Waals surface area contributed by atoms with Gasteiger partial charge in [-0.3, -0.25) is 0 Å². The summed E-state index contributed by atoms with van der Waals surface area (Å²) < 4.78 is 0. The van der Waals surface area contributed by atoms with E-state index in [-0.39, 0.29) is 5.54 Å². The third-order valence-electron chi connectivity index (χ3n) is 4.73. The first-order valence-corrected chi connectivity index (χ1v) is 7.43. The average molecular weight is 285 g/mol. The molecule has 5 heteroatoms. The van der Waals surface area contributed by atoms with Crippen molar-refractivity contribution >= 4 is 22.7 Å². The molecule has 0 saturated heterocycles. The van der Waals surface area contributed by atoms with Crippen molar-refractivity contribution in [3.63, 3.8) is 0 Å². The highest BCUT2D eigenvalue weighted by Crippen LogP contribution is 2.38. The van der Waals surface area contributed by atoms with Gasteiger partial charge in [0.25, 0.3) is 0 Å². The number of aromatic nitrogens is 2. The summed E-state index contributed by atoms with van der Waals surface area (Å²) in [6.45, 7) is 0.959. The van der Waals surface area contributed by atoms with Crippen molar-refractivity contribution in [2.24, 2.45) is 0 Å². The summed E-state index contributed by atoms with van der Waals surface area (Å²) >= 11 is 0. The minimum atomic E-state index is 0.259. The molecule has 0 aliphatic heterocycles. The SMILES string of the molecule is CN(CC1(N(C)C)CCC1)c1nc(N)nc2ccccc12. The molecule has 5 nitrogen and oxygen atoms in total. The first kappa shape index (κ1) is 14.1. The van der Waals surface area contributed by atoms with E-state index in [1.54, 1.807) is 0 Å². The number of likely N-dealkylation sites (N-methyl/N-ethyl adjacent to an activating group) is 2. The number of anilines is 2. The van der Waals surface area contributed by atoms with Crippen molar-refractivity contribution in [3.05, 3.63) is 24.3 Å². The fraction of sp³-hybridized carbons (Fsp3) is 0.500. The van der Waals surface area contributed by atoms with Crippen LogP contribution in [-0.2, 0) is 0 Å². The lowest BCUT2D eigenvalue weighted by Crippen LogP contribution is -2.56. The van der Waals surface area contributed by atoms with E-state index in [2.05, 4.69) is 47.0 Å². The number of benzene rings is 1. The van der Waals surface area contributed by atoms with Crippen LogP contribution < -0.4 is 10.6 Å². The molecule has 0 amide bonds. The van der Waals surface area contributed by atoms with E-state index >= 15 is 0 Å². The van der Waals surface area contributed by atoms with Gasteiger partial charge in [-0.1, -0.05) is 12.1 Å². The number of hydrogen-bond acceptors (Lipinski definition) is 5. The molecule has 2 aromatic rings. The second-order valence-electron chi connectivity index (χ2n) is 6.25. The second kappa shape index (κ2) is 5.15. The Morgan fingerprint density at radius 1 is 1.14 bits per heavy atom. The van der Waals surface area contributed by atoms with Crippen molar-refractivity contribution in [1.82, 2.24) is 14.9 Å². The van der Waals surface area contributed by atoms with Gasteiger partial charge < -0.3 is 15.5 Å². The van der Waals surface area contributed by atoms with Crippen LogP contribution in [-0.4, -0.2) is 48.1 Å². The molecule has 3 rings (SSSR count). The zero-order chi connectivity index (χ0) is 15.0. The normalized spacial score (nSPS) is 17.0. The van der Waals surface area contributed by atoms with Crippen molar-refractivity contribution in [2.75, 3.05) is 38.3 Å². The van der Waals surface area contributed by atoms with Gasteiger partial charge in [-0.15, -0.1) is 0 Å². The van der Waals surface area contributed by atoms with Crippen LogP contribution in [0.15, 0.2) is 24.3 Å². The first-order valence-electron chi connectivity index (χ1n) is 7.43. The van der Waals surface area contributed by atoms with Gasteiger partial charge in [0.05, 0.1) is 5.52 Å². The third-order valence-corrected chi connectivity index (χ3v) is 4.73. The van der Waals surface area contributed by atoms with Gasteiger partial charge >= 0.3 is 0 Å². The zero-order valence-electron chi connectivity index (χ0n) is 13.0. The minimum absolute atomic E-state index is 0.259. The summed E-state index contributed by atoms with van der Waals surface area (Å²) in [7, 11) is 6.43. The smallest absolute Gasteiger partial charge is 0.222 e. The lowest BCUT2D eigenvalue weighted by atomic mass is 9.75. The van der Waals surface area contributed by atoms with Gasteiger partial charge in [0, 0.05) is 24.5 Å². The van der Waals surface area contributed by atoms with Crippen molar-refractivity contribution in [1.29, 1.82) is 0 Å². The van der Waals surface area contributed by atoms with E-state index < -0.39 is 0 Å². The van der Waals surface area contributed by atoms with Crippen LogP contribution in [0.25, 0.3) is 10.9 Å². The first-order chi connectivity index (χ1) is 10.0. The number of para-hydroxylation sites is 1. The summed E-state index contributed by atoms with van der Waals surface area (Å²) in [6, 6.07) is 8.04. The Balaban J connectivity index is 1.96. The Morgan fingerprint density at radius 3 is 2.48 bits per heavy atom. The van der Waals surface area contributed by atoms with Gasteiger partial charge in [-0.25, -0.2) is 4.98 Å². The molecular formula is C16H23N5. The van der Waals surface area contributed by atoms with E-state index in [1.807, 2.05) is 18.2 Å². The van der Waals surface area contributed by atoms with Crippen LogP contribution in [0, 0.1) is 0 Å². The second-order valence-corrected chi connectivity index (χ2v) is 6.25. The van der Waals surface area contributed by atoms with Crippen LogP contribution in [0.4, 0.5) is 11.8 Å².